The SMILES string of the molecule is CCNC(CCc1ccccc1)c1snnc1CC. The van der Waals surface area contributed by atoms with E-state index < -0.39 is 0 Å². The van der Waals surface area contributed by atoms with E-state index in [0.717, 1.165) is 31.5 Å². The molecule has 1 aromatic heterocycles. The van der Waals surface area contributed by atoms with Gasteiger partial charge in [-0.2, -0.15) is 0 Å². The molecule has 3 nitrogen and oxygen atoms in total. The zero-order valence-corrected chi connectivity index (χ0v) is 12.4. The quantitative estimate of drug-likeness (QED) is 0.841. The molecule has 0 saturated carbocycles. The zero-order chi connectivity index (χ0) is 13.5. The summed E-state index contributed by atoms with van der Waals surface area (Å²) in [7, 11) is 0. The van der Waals surface area contributed by atoms with Crippen LogP contribution >= 0.6 is 11.5 Å². The fraction of sp³-hybridized carbons (Fsp3) is 0.467. The average Bonchev–Trinajstić information content (AvgIpc) is 2.93. The molecule has 102 valence electrons. The number of rotatable bonds is 7. The molecule has 1 atom stereocenters. The number of aromatic nitrogens is 2. The molecular formula is C15H21N3S. The third kappa shape index (κ3) is 3.85. The highest BCUT2D eigenvalue weighted by Gasteiger charge is 2.17. The van der Waals surface area contributed by atoms with Gasteiger partial charge in [0.05, 0.1) is 10.6 Å². The highest BCUT2D eigenvalue weighted by molar-refractivity contribution is 7.05. The molecule has 0 saturated heterocycles. The molecule has 0 amide bonds. The van der Waals surface area contributed by atoms with Gasteiger partial charge in [-0.3, -0.25) is 0 Å². The lowest BCUT2D eigenvalue weighted by Crippen LogP contribution is -2.21. The van der Waals surface area contributed by atoms with Crippen molar-refractivity contribution in [2.24, 2.45) is 0 Å². The van der Waals surface area contributed by atoms with Gasteiger partial charge in [-0.05, 0) is 42.9 Å². The maximum Gasteiger partial charge on any atom is 0.0800 e. The monoisotopic (exact) mass is 275 g/mol. The van der Waals surface area contributed by atoms with Gasteiger partial charge in [0, 0.05) is 6.04 Å². The van der Waals surface area contributed by atoms with E-state index in [2.05, 4.69) is 59.1 Å². The first-order valence-corrected chi connectivity index (χ1v) is 7.70. The van der Waals surface area contributed by atoms with Gasteiger partial charge < -0.3 is 5.32 Å². The highest BCUT2D eigenvalue weighted by Crippen LogP contribution is 2.25. The Morgan fingerprint density at radius 3 is 2.68 bits per heavy atom. The Kier molecular flexibility index (Phi) is 5.48. The number of benzene rings is 1. The summed E-state index contributed by atoms with van der Waals surface area (Å²) >= 11 is 1.53. The van der Waals surface area contributed by atoms with Crippen molar-refractivity contribution in [2.45, 2.75) is 39.2 Å². The Hall–Kier alpha value is -1.26. The van der Waals surface area contributed by atoms with Crippen molar-refractivity contribution in [1.29, 1.82) is 0 Å². The first kappa shape index (κ1) is 14.2. The van der Waals surface area contributed by atoms with Gasteiger partial charge in [-0.1, -0.05) is 48.7 Å². The smallest absolute Gasteiger partial charge is 0.0800 e. The summed E-state index contributed by atoms with van der Waals surface area (Å²) in [6.07, 6.45) is 3.13. The van der Waals surface area contributed by atoms with Gasteiger partial charge in [-0.15, -0.1) is 5.10 Å². The molecule has 0 aliphatic heterocycles. The van der Waals surface area contributed by atoms with Crippen molar-refractivity contribution in [3.05, 3.63) is 46.5 Å². The van der Waals surface area contributed by atoms with Crippen LogP contribution in [0.15, 0.2) is 30.3 Å². The molecule has 0 spiro atoms. The van der Waals surface area contributed by atoms with Crippen molar-refractivity contribution in [1.82, 2.24) is 14.9 Å². The van der Waals surface area contributed by atoms with Crippen molar-refractivity contribution >= 4 is 11.5 Å². The van der Waals surface area contributed by atoms with Gasteiger partial charge in [0.15, 0.2) is 0 Å². The standard InChI is InChI=1S/C15H21N3S/c1-3-13-15(19-18-17-13)14(16-4-2)11-10-12-8-6-5-7-9-12/h5-9,14,16H,3-4,10-11H2,1-2H3. The van der Waals surface area contributed by atoms with Gasteiger partial charge in [0.2, 0.25) is 0 Å². The van der Waals surface area contributed by atoms with Crippen LogP contribution in [0.5, 0.6) is 0 Å². The first-order chi connectivity index (χ1) is 9.35. The molecule has 19 heavy (non-hydrogen) atoms. The summed E-state index contributed by atoms with van der Waals surface area (Å²) in [5.41, 5.74) is 2.53. The minimum atomic E-state index is 0.375. The van der Waals surface area contributed by atoms with Crippen LogP contribution in [-0.2, 0) is 12.8 Å². The Labute approximate surface area is 119 Å². The molecule has 1 unspecified atom stereocenters. The minimum Gasteiger partial charge on any atom is -0.309 e. The molecule has 0 radical (unpaired) electrons. The van der Waals surface area contributed by atoms with Gasteiger partial charge >= 0.3 is 0 Å². The first-order valence-electron chi connectivity index (χ1n) is 6.93. The van der Waals surface area contributed by atoms with Crippen LogP contribution in [-0.4, -0.2) is 16.1 Å². The number of hydrogen-bond acceptors (Lipinski definition) is 4. The molecule has 4 heteroatoms. The largest absolute Gasteiger partial charge is 0.309 e. The van der Waals surface area contributed by atoms with E-state index in [4.69, 9.17) is 0 Å². The number of nitrogens with zero attached hydrogens (tertiary/aromatic N) is 2. The van der Waals surface area contributed by atoms with Crippen molar-refractivity contribution in [2.75, 3.05) is 6.54 Å². The fourth-order valence-corrected chi connectivity index (χ4v) is 3.10. The molecule has 0 fully saturated rings. The van der Waals surface area contributed by atoms with Crippen molar-refractivity contribution in [3.63, 3.8) is 0 Å². The van der Waals surface area contributed by atoms with Crippen LogP contribution in [0.25, 0.3) is 0 Å². The third-order valence-electron chi connectivity index (χ3n) is 3.25. The normalized spacial score (nSPS) is 12.5. The molecule has 1 heterocycles. The van der Waals surface area contributed by atoms with Gasteiger partial charge in [0.25, 0.3) is 0 Å². The van der Waals surface area contributed by atoms with Crippen LogP contribution in [0.1, 0.15) is 42.4 Å². The van der Waals surface area contributed by atoms with Crippen molar-refractivity contribution < 1.29 is 0 Å². The minimum absolute atomic E-state index is 0.375. The summed E-state index contributed by atoms with van der Waals surface area (Å²) in [6, 6.07) is 11.0. The molecule has 0 aliphatic carbocycles. The second kappa shape index (κ2) is 7.36. The molecule has 2 rings (SSSR count). The van der Waals surface area contributed by atoms with E-state index >= 15 is 0 Å². The number of hydrogen-bond donors (Lipinski definition) is 1. The Balaban J connectivity index is 2.04. The summed E-state index contributed by atoms with van der Waals surface area (Å²) in [5, 5.41) is 7.78. The van der Waals surface area contributed by atoms with Crippen LogP contribution in [0.4, 0.5) is 0 Å². The summed E-state index contributed by atoms with van der Waals surface area (Å²) in [6.45, 7) is 5.26. The van der Waals surface area contributed by atoms with E-state index in [0.29, 0.717) is 6.04 Å². The van der Waals surface area contributed by atoms with E-state index in [1.807, 2.05) is 0 Å². The maximum absolute atomic E-state index is 4.22. The summed E-state index contributed by atoms with van der Waals surface area (Å²) in [5.74, 6) is 0. The second-order valence-electron chi connectivity index (χ2n) is 4.57. The average molecular weight is 275 g/mol. The van der Waals surface area contributed by atoms with Crippen LogP contribution < -0.4 is 5.32 Å². The molecule has 0 aliphatic rings. The molecule has 2 aromatic rings. The van der Waals surface area contributed by atoms with E-state index in [-0.39, 0.29) is 0 Å². The fourth-order valence-electron chi connectivity index (χ4n) is 2.25. The van der Waals surface area contributed by atoms with E-state index in [9.17, 15) is 0 Å². The van der Waals surface area contributed by atoms with Crippen LogP contribution in [0, 0.1) is 0 Å². The van der Waals surface area contributed by atoms with E-state index in [1.54, 1.807) is 0 Å². The Morgan fingerprint density at radius 1 is 1.21 bits per heavy atom. The zero-order valence-electron chi connectivity index (χ0n) is 11.6. The predicted molar refractivity (Wildman–Crippen MR) is 80.5 cm³/mol. The molecular weight excluding hydrogens is 254 g/mol. The van der Waals surface area contributed by atoms with Gasteiger partial charge in [0.1, 0.15) is 0 Å². The van der Waals surface area contributed by atoms with Crippen LogP contribution in [0.2, 0.25) is 0 Å². The predicted octanol–water partition coefficient (Wildman–Crippen LogP) is 3.38. The maximum atomic E-state index is 4.22. The van der Waals surface area contributed by atoms with Gasteiger partial charge in [-0.25, -0.2) is 0 Å². The number of nitrogens with one attached hydrogen (secondary N) is 1. The van der Waals surface area contributed by atoms with E-state index in [1.165, 1.54) is 22.0 Å². The third-order valence-corrected chi connectivity index (χ3v) is 4.13. The van der Waals surface area contributed by atoms with Crippen LogP contribution in [0.3, 0.4) is 0 Å². The Bertz CT molecular complexity index is 481. The summed E-state index contributed by atoms with van der Waals surface area (Å²) in [4.78, 5) is 1.31. The lowest BCUT2D eigenvalue weighted by atomic mass is 10.0. The number of aryl methyl sites for hydroxylation is 2. The highest BCUT2D eigenvalue weighted by atomic mass is 32.1. The van der Waals surface area contributed by atoms with Crippen molar-refractivity contribution in [3.8, 4) is 0 Å². The lowest BCUT2D eigenvalue weighted by molar-refractivity contribution is 0.518. The summed E-state index contributed by atoms with van der Waals surface area (Å²) < 4.78 is 4.10. The Morgan fingerprint density at radius 2 is 2.00 bits per heavy atom. The molecule has 0 bridgehead atoms. The lowest BCUT2D eigenvalue weighted by Gasteiger charge is -2.16. The topological polar surface area (TPSA) is 37.8 Å². The molecule has 1 N–H and O–H groups in total. The second-order valence-corrected chi connectivity index (χ2v) is 5.36. The molecule has 1 aromatic carbocycles.